The van der Waals surface area contributed by atoms with Gasteiger partial charge < -0.3 is 20.5 Å². The van der Waals surface area contributed by atoms with Gasteiger partial charge in [-0.3, -0.25) is 0 Å². The molecule has 3 N–H and O–H groups in total. The Bertz CT molecular complexity index is 413. The van der Waals surface area contributed by atoms with Gasteiger partial charge in [0.2, 0.25) is 0 Å². The van der Waals surface area contributed by atoms with Crippen molar-refractivity contribution in [3.8, 4) is 5.75 Å². The lowest BCUT2D eigenvalue weighted by molar-refractivity contribution is -0.105. The van der Waals surface area contributed by atoms with Gasteiger partial charge >= 0.3 is 0 Å². The fourth-order valence-corrected chi connectivity index (χ4v) is 2.62. The summed E-state index contributed by atoms with van der Waals surface area (Å²) in [6.45, 7) is 8.16. The average molecular weight is 264 g/mol. The molecule has 1 aromatic rings. The monoisotopic (exact) mass is 264 g/mol. The number of aryl methyl sites for hydroxylation is 2. The van der Waals surface area contributed by atoms with Crippen LogP contribution in [0.4, 0.5) is 0 Å². The van der Waals surface area contributed by atoms with E-state index in [0.29, 0.717) is 6.54 Å². The molecular weight excluding hydrogens is 240 g/mol. The summed E-state index contributed by atoms with van der Waals surface area (Å²) in [4.78, 5) is 0. The minimum Gasteiger partial charge on any atom is -0.496 e. The van der Waals surface area contributed by atoms with Gasteiger partial charge in [-0.05, 0) is 30.5 Å². The number of rotatable bonds is 6. The average Bonchev–Trinajstić information content (AvgIpc) is 2.32. The SMILES string of the molecule is COc1c(C)cc(CNCC2(CN)COC2)cc1C. The number of nitrogens with two attached hydrogens (primary N) is 1. The molecule has 4 nitrogen and oxygen atoms in total. The molecule has 0 amide bonds. The molecule has 0 aliphatic carbocycles. The maximum Gasteiger partial charge on any atom is 0.124 e. The Morgan fingerprint density at radius 3 is 2.37 bits per heavy atom. The maximum absolute atomic E-state index is 5.80. The number of nitrogens with one attached hydrogen (secondary N) is 1. The molecule has 0 saturated carbocycles. The molecule has 0 atom stereocenters. The van der Waals surface area contributed by atoms with Crippen molar-refractivity contribution >= 4 is 0 Å². The van der Waals surface area contributed by atoms with Crippen molar-refractivity contribution in [3.05, 3.63) is 28.8 Å². The second kappa shape index (κ2) is 5.90. The van der Waals surface area contributed by atoms with Crippen LogP contribution in [0.2, 0.25) is 0 Å². The first-order valence-electron chi connectivity index (χ1n) is 6.73. The molecule has 1 fully saturated rings. The molecule has 0 radical (unpaired) electrons. The number of benzene rings is 1. The summed E-state index contributed by atoms with van der Waals surface area (Å²) >= 11 is 0. The number of hydrogen-bond acceptors (Lipinski definition) is 4. The lowest BCUT2D eigenvalue weighted by Crippen LogP contribution is -2.54. The first-order valence-corrected chi connectivity index (χ1v) is 6.73. The predicted molar refractivity (Wildman–Crippen MR) is 76.5 cm³/mol. The molecule has 19 heavy (non-hydrogen) atoms. The first-order chi connectivity index (χ1) is 9.10. The molecule has 1 saturated heterocycles. The van der Waals surface area contributed by atoms with Crippen LogP contribution >= 0.6 is 0 Å². The molecule has 1 aliphatic rings. The fourth-order valence-electron chi connectivity index (χ4n) is 2.62. The standard InChI is InChI=1S/C15H24N2O2/c1-11-4-13(5-12(2)14(11)18-3)6-17-8-15(7-16)9-19-10-15/h4-5,17H,6-10,16H2,1-3H3. The van der Waals surface area contributed by atoms with Gasteiger partial charge in [0.25, 0.3) is 0 Å². The van der Waals surface area contributed by atoms with Crippen LogP contribution in [0.25, 0.3) is 0 Å². The molecule has 0 unspecified atom stereocenters. The summed E-state index contributed by atoms with van der Waals surface area (Å²) in [6, 6.07) is 4.34. The number of hydrogen-bond donors (Lipinski definition) is 2. The van der Waals surface area contributed by atoms with E-state index in [4.69, 9.17) is 15.2 Å². The second-order valence-corrected chi connectivity index (χ2v) is 5.56. The fraction of sp³-hybridized carbons (Fsp3) is 0.600. The van der Waals surface area contributed by atoms with Crippen LogP contribution in [0.3, 0.4) is 0 Å². The van der Waals surface area contributed by atoms with Crippen LogP contribution in [0.5, 0.6) is 5.75 Å². The second-order valence-electron chi connectivity index (χ2n) is 5.56. The summed E-state index contributed by atoms with van der Waals surface area (Å²) in [7, 11) is 1.72. The molecule has 2 rings (SSSR count). The molecule has 1 aliphatic heterocycles. The summed E-state index contributed by atoms with van der Waals surface area (Å²) in [5.41, 5.74) is 9.59. The zero-order valence-corrected chi connectivity index (χ0v) is 12.1. The Morgan fingerprint density at radius 2 is 1.95 bits per heavy atom. The van der Waals surface area contributed by atoms with E-state index in [1.165, 1.54) is 16.7 Å². The largest absolute Gasteiger partial charge is 0.496 e. The lowest BCUT2D eigenvalue weighted by Gasteiger charge is -2.40. The highest BCUT2D eigenvalue weighted by Gasteiger charge is 2.36. The number of ether oxygens (including phenoxy) is 2. The lowest BCUT2D eigenvalue weighted by atomic mass is 9.86. The third-order valence-electron chi connectivity index (χ3n) is 3.80. The summed E-state index contributed by atoms with van der Waals surface area (Å²) in [5, 5.41) is 3.49. The molecular formula is C15H24N2O2. The van der Waals surface area contributed by atoms with Crippen molar-refractivity contribution in [1.29, 1.82) is 0 Å². The highest BCUT2D eigenvalue weighted by atomic mass is 16.5. The minimum absolute atomic E-state index is 0.149. The van der Waals surface area contributed by atoms with Gasteiger partial charge in [0.05, 0.1) is 20.3 Å². The molecule has 106 valence electrons. The van der Waals surface area contributed by atoms with E-state index in [1.54, 1.807) is 7.11 Å². The van der Waals surface area contributed by atoms with E-state index in [1.807, 2.05) is 0 Å². The van der Waals surface area contributed by atoms with Gasteiger partial charge in [-0.15, -0.1) is 0 Å². The highest BCUT2D eigenvalue weighted by molar-refractivity contribution is 5.43. The molecule has 0 bridgehead atoms. The van der Waals surface area contributed by atoms with Gasteiger partial charge in [0.15, 0.2) is 0 Å². The van der Waals surface area contributed by atoms with Crippen molar-refractivity contribution in [3.63, 3.8) is 0 Å². The molecule has 0 aromatic heterocycles. The van der Waals surface area contributed by atoms with Crippen LogP contribution in [0.15, 0.2) is 12.1 Å². The van der Waals surface area contributed by atoms with Crippen LogP contribution < -0.4 is 15.8 Å². The van der Waals surface area contributed by atoms with E-state index < -0.39 is 0 Å². The quantitative estimate of drug-likeness (QED) is 0.815. The third kappa shape index (κ3) is 3.08. The van der Waals surface area contributed by atoms with Crippen molar-refractivity contribution in [2.75, 3.05) is 33.4 Å². The summed E-state index contributed by atoms with van der Waals surface area (Å²) in [6.07, 6.45) is 0. The van der Waals surface area contributed by atoms with Gasteiger partial charge in [-0.1, -0.05) is 12.1 Å². The van der Waals surface area contributed by atoms with Crippen LogP contribution in [-0.4, -0.2) is 33.4 Å². The molecule has 4 heteroatoms. The van der Waals surface area contributed by atoms with Crippen LogP contribution in [0, 0.1) is 19.3 Å². The van der Waals surface area contributed by atoms with E-state index in [9.17, 15) is 0 Å². The van der Waals surface area contributed by atoms with Gasteiger partial charge in [0, 0.05) is 25.0 Å². The Morgan fingerprint density at radius 1 is 1.32 bits per heavy atom. The van der Waals surface area contributed by atoms with Crippen LogP contribution in [0.1, 0.15) is 16.7 Å². The topological polar surface area (TPSA) is 56.5 Å². The van der Waals surface area contributed by atoms with Crippen molar-refractivity contribution in [2.24, 2.45) is 11.1 Å². The first kappa shape index (κ1) is 14.3. The normalized spacial score (nSPS) is 17.1. The van der Waals surface area contributed by atoms with Crippen LogP contribution in [-0.2, 0) is 11.3 Å². The van der Waals surface area contributed by atoms with E-state index in [-0.39, 0.29) is 5.41 Å². The Hall–Kier alpha value is -1.10. The zero-order valence-electron chi connectivity index (χ0n) is 12.1. The van der Waals surface area contributed by atoms with Crippen molar-refractivity contribution in [1.82, 2.24) is 5.32 Å². The molecule has 1 heterocycles. The van der Waals surface area contributed by atoms with Crippen molar-refractivity contribution in [2.45, 2.75) is 20.4 Å². The van der Waals surface area contributed by atoms with E-state index in [0.717, 1.165) is 32.1 Å². The van der Waals surface area contributed by atoms with Gasteiger partial charge in [-0.25, -0.2) is 0 Å². The Balaban J connectivity index is 1.93. The van der Waals surface area contributed by atoms with E-state index in [2.05, 4.69) is 31.3 Å². The molecule has 0 spiro atoms. The van der Waals surface area contributed by atoms with Gasteiger partial charge in [0.1, 0.15) is 5.75 Å². The van der Waals surface area contributed by atoms with Crippen molar-refractivity contribution < 1.29 is 9.47 Å². The highest BCUT2D eigenvalue weighted by Crippen LogP contribution is 2.26. The smallest absolute Gasteiger partial charge is 0.124 e. The van der Waals surface area contributed by atoms with E-state index >= 15 is 0 Å². The Labute approximate surface area is 115 Å². The summed E-state index contributed by atoms with van der Waals surface area (Å²) in [5.74, 6) is 0.981. The van der Waals surface area contributed by atoms with Gasteiger partial charge in [-0.2, -0.15) is 0 Å². The zero-order chi connectivity index (χ0) is 13.9. The maximum atomic E-state index is 5.80. The minimum atomic E-state index is 0.149. The summed E-state index contributed by atoms with van der Waals surface area (Å²) < 4.78 is 10.6. The third-order valence-corrected chi connectivity index (χ3v) is 3.80. The Kier molecular flexibility index (Phi) is 4.45. The molecule has 1 aromatic carbocycles. The number of methoxy groups -OCH3 is 1. The predicted octanol–water partition coefficient (Wildman–Crippen LogP) is 1.38.